The smallest absolute Gasteiger partial charge is 0.418 e. The summed E-state index contributed by atoms with van der Waals surface area (Å²) in [7, 11) is 1.36. The second kappa shape index (κ2) is 10.6. The first-order valence-corrected chi connectivity index (χ1v) is 9.67. The third-order valence-electron chi connectivity index (χ3n) is 3.83. The molecule has 0 atom stereocenters. The number of anilines is 1. The summed E-state index contributed by atoms with van der Waals surface area (Å²) in [5.41, 5.74) is -1.79. The van der Waals surface area contributed by atoms with Gasteiger partial charge in [-0.15, -0.1) is 0 Å². The number of ether oxygens (including phenoxy) is 3. The number of halogens is 5. The Labute approximate surface area is 186 Å². The Hall–Kier alpha value is -2.65. The molecule has 0 spiro atoms. The maximum absolute atomic E-state index is 13.1. The molecule has 0 aliphatic rings. The van der Waals surface area contributed by atoms with Crippen LogP contribution in [0.1, 0.15) is 29.3 Å². The second-order valence-electron chi connectivity index (χ2n) is 6.12. The van der Waals surface area contributed by atoms with Crippen molar-refractivity contribution in [2.24, 2.45) is 0 Å². The first-order valence-electron chi connectivity index (χ1n) is 8.91. The van der Waals surface area contributed by atoms with E-state index in [2.05, 4.69) is 0 Å². The molecule has 0 fully saturated rings. The number of amides is 1. The number of carbonyl (C=O) groups excluding carboxylic acids is 2. The van der Waals surface area contributed by atoms with Crippen LogP contribution < -0.4 is 14.8 Å². The molecular weight excluding hydrogens is 462 g/mol. The first kappa shape index (κ1) is 24.6. The molecule has 0 bridgehead atoms. The minimum atomic E-state index is -4.74. The number of benzene rings is 2. The minimum absolute atomic E-state index is 0.0350. The number of para-hydroxylation sites is 1. The van der Waals surface area contributed by atoms with Crippen LogP contribution in [-0.4, -0.2) is 32.2 Å². The van der Waals surface area contributed by atoms with Crippen molar-refractivity contribution in [1.29, 1.82) is 0 Å². The molecule has 0 unspecified atom stereocenters. The summed E-state index contributed by atoms with van der Waals surface area (Å²) >= 11 is 11.9. The van der Waals surface area contributed by atoms with E-state index in [4.69, 9.17) is 37.4 Å². The zero-order valence-electron chi connectivity index (χ0n) is 16.4. The quantitative estimate of drug-likeness (QED) is 0.498. The topological polar surface area (TPSA) is 73.9 Å². The Morgan fingerprint density at radius 3 is 2.45 bits per heavy atom. The molecule has 0 radical (unpaired) electrons. The van der Waals surface area contributed by atoms with Crippen LogP contribution in [0, 0.1) is 0 Å². The van der Waals surface area contributed by atoms with Gasteiger partial charge in [-0.25, -0.2) is 4.79 Å². The number of methoxy groups -OCH3 is 1. The molecule has 168 valence electrons. The van der Waals surface area contributed by atoms with E-state index >= 15 is 0 Å². The highest BCUT2D eigenvalue weighted by Crippen LogP contribution is 2.39. The third kappa shape index (κ3) is 6.41. The molecule has 2 rings (SSSR count). The molecule has 31 heavy (non-hydrogen) atoms. The van der Waals surface area contributed by atoms with E-state index in [0.717, 1.165) is 18.6 Å². The van der Waals surface area contributed by atoms with Gasteiger partial charge in [0.25, 0.3) is 5.91 Å². The third-order valence-corrected chi connectivity index (χ3v) is 4.43. The average molecular weight is 480 g/mol. The highest BCUT2D eigenvalue weighted by Gasteiger charge is 2.34. The van der Waals surface area contributed by atoms with Gasteiger partial charge in [0.2, 0.25) is 0 Å². The number of nitrogens with one attached hydrogen (secondary N) is 1. The Balaban J connectivity index is 2.10. The number of alkyl halides is 3. The van der Waals surface area contributed by atoms with E-state index in [9.17, 15) is 22.8 Å². The monoisotopic (exact) mass is 479 g/mol. The predicted octanol–water partition coefficient (Wildman–Crippen LogP) is 5.61. The molecule has 1 N–H and O–H groups in total. The van der Waals surface area contributed by atoms with Gasteiger partial charge in [0.15, 0.2) is 18.1 Å². The van der Waals surface area contributed by atoms with Gasteiger partial charge >= 0.3 is 12.1 Å². The normalized spacial score (nSPS) is 11.1. The fraction of sp³-hybridized carbons (Fsp3) is 0.300. The van der Waals surface area contributed by atoms with E-state index < -0.39 is 35.9 Å². The first-order chi connectivity index (χ1) is 14.6. The number of esters is 1. The summed E-state index contributed by atoms with van der Waals surface area (Å²) in [5, 5.41) is 1.80. The highest BCUT2D eigenvalue weighted by molar-refractivity contribution is 6.34. The molecule has 6 nitrogen and oxygen atoms in total. The van der Waals surface area contributed by atoms with E-state index in [1.807, 2.05) is 12.2 Å². The van der Waals surface area contributed by atoms with Crippen molar-refractivity contribution in [3.8, 4) is 11.5 Å². The fourth-order valence-electron chi connectivity index (χ4n) is 2.46. The van der Waals surface area contributed by atoms with Gasteiger partial charge in [0.1, 0.15) is 0 Å². The second-order valence-corrected chi connectivity index (χ2v) is 6.94. The van der Waals surface area contributed by atoms with Gasteiger partial charge in [0, 0.05) is 0 Å². The SMILES string of the molecule is CCCOc1c(Cl)cc(C(=O)OCC(=O)Nc2c(Cl)cccc2C(F)(F)F)cc1OC. The molecule has 2 aromatic rings. The molecule has 0 aromatic heterocycles. The summed E-state index contributed by atoms with van der Waals surface area (Å²) in [6, 6.07) is 5.64. The molecular formula is C20H18Cl2F3NO5. The van der Waals surface area contributed by atoms with E-state index in [0.29, 0.717) is 6.61 Å². The van der Waals surface area contributed by atoms with Crippen LogP contribution in [0.2, 0.25) is 10.0 Å². The number of carbonyl (C=O) groups is 2. The molecule has 11 heteroatoms. The number of hydrogen-bond acceptors (Lipinski definition) is 5. The fourth-order valence-corrected chi connectivity index (χ4v) is 2.95. The average Bonchev–Trinajstić information content (AvgIpc) is 2.71. The summed E-state index contributed by atoms with van der Waals surface area (Å²) in [6.45, 7) is 1.43. The lowest BCUT2D eigenvalue weighted by atomic mass is 10.1. The largest absolute Gasteiger partial charge is 0.493 e. The van der Waals surface area contributed by atoms with Gasteiger partial charge in [-0.3, -0.25) is 4.79 Å². The summed E-state index contributed by atoms with van der Waals surface area (Å²) < 4.78 is 54.8. The van der Waals surface area contributed by atoms with Crippen molar-refractivity contribution in [2.45, 2.75) is 19.5 Å². The van der Waals surface area contributed by atoms with Crippen LogP contribution in [0.3, 0.4) is 0 Å². The lowest BCUT2D eigenvalue weighted by Gasteiger charge is -2.15. The molecule has 0 aliphatic carbocycles. The van der Waals surface area contributed by atoms with Crippen molar-refractivity contribution < 1.29 is 37.0 Å². The highest BCUT2D eigenvalue weighted by atomic mass is 35.5. The Kier molecular flexibility index (Phi) is 8.41. The van der Waals surface area contributed by atoms with Crippen molar-refractivity contribution in [3.63, 3.8) is 0 Å². The van der Waals surface area contributed by atoms with Crippen LogP contribution in [0.4, 0.5) is 18.9 Å². The van der Waals surface area contributed by atoms with Gasteiger partial charge < -0.3 is 19.5 Å². The van der Waals surface area contributed by atoms with Gasteiger partial charge in [-0.2, -0.15) is 13.2 Å². The predicted molar refractivity (Wildman–Crippen MR) is 109 cm³/mol. The zero-order valence-corrected chi connectivity index (χ0v) is 18.0. The summed E-state index contributed by atoms with van der Waals surface area (Å²) in [6.07, 6.45) is -4.01. The van der Waals surface area contributed by atoms with Crippen LogP contribution in [-0.2, 0) is 15.7 Å². The molecule has 0 saturated carbocycles. The van der Waals surface area contributed by atoms with Crippen molar-refractivity contribution in [2.75, 3.05) is 25.6 Å². The van der Waals surface area contributed by atoms with E-state index in [1.54, 1.807) is 0 Å². The Bertz CT molecular complexity index is 967. The molecule has 2 aromatic carbocycles. The van der Waals surface area contributed by atoms with Crippen LogP contribution >= 0.6 is 23.2 Å². The number of hydrogen-bond donors (Lipinski definition) is 1. The lowest BCUT2D eigenvalue weighted by molar-refractivity contribution is -0.137. The zero-order chi connectivity index (χ0) is 23.2. The maximum Gasteiger partial charge on any atom is 0.418 e. The van der Waals surface area contributed by atoms with Gasteiger partial charge in [-0.05, 0) is 30.7 Å². The summed E-state index contributed by atoms with van der Waals surface area (Å²) in [5.74, 6) is -1.51. The van der Waals surface area contributed by atoms with Gasteiger partial charge in [0.05, 0.1) is 40.6 Å². The van der Waals surface area contributed by atoms with Crippen molar-refractivity contribution >= 4 is 40.8 Å². The summed E-state index contributed by atoms with van der Waals surface area (Å²) in [4.78, 5) is 24.3. The van der Waals surface area contributed by atoms with Crippen LogP contribution in [0.15, 0.2) is 30.3 Å². The van der Waals surface area contributed by atoms with Gasteiger partial charge in [-0.1, -0.05) is 36.2 Å². The van der Waals surface area contributed by atoms with Crippen molar-refractivity contribution in [1.82, 2.24) is 0 Å². The molecule has 0 aliphatic heterocycles. The minimum Gasteiger partial charge on any atom is -0.493 e. The molecule has 0 heterocycles. The Morgan fingerprint density at radius 2 is 1.84 bits per heavy atom. The standard InChI is InChI=1S/C20H18Cl2F3NO5/c1-3-7-30-18-14(22)8-11(9-15(18)29-2)19(28)31-10-16(27)26-17-12(20(23,24)25)5-4-6-13(17)21/h4-6,8-9H,3,7,10H2,1-2H3,(H,26,27). The van der Waals surface area contributed by atoms with Crippen LogP contribution in [0.5, 0.6) is 11.5 Å². The lowest BCUT2D eigenvalue weighted by Crippen LogP contribution is -2.23. The van der Waals surface area contributed by atoms with Crippen molar-refractivity contribution in [3.05, 3.63) is 51.5 Å². The number of rotatable bonds is 8. The van der Waals surface area contributed by atoms with E-state index in [-0.39, 0.29) is 27.1 Å². The van der Waals surface area contributed by atoms with E-state index in [1.165, 1.54) is 25.3 Å². The maximum atomic E-state index is 13.1. The molecule has 0 saturated heterocycles. The van der Waals surface area contributed by atoms with Crippen LogP contribution in [0.25, 0.3) is 0 Å². The molecule has 1 amide bonds. The Morgan fingerprint density at radius 1 is 1.13 bits per heavy atom.